The minimum Gasteiger partial charge on any atom is -0.348 e. The molecule has 0 aliphatic heterocycles. The fraction of sp³-hybridized carbons (Fsp3) is 0.158. The lowest BCUT2D eigenvalue weighted by Crippen LogP contribution is -2.20. The van der Waals surface area contributed by atoms with E-state index in [9.17, 15) is 30.8 Å². The second-order valence-electron chi connectivity index (χ2n) is 6.14. The van der Waals surface area contributed by atoms with Crippen LogP contribution in [0.5, 0.6) is 0 Å². The van der Waals surface area contributed by atoms with Crippen LogP contribution in [0.3, 0.4) is 0 Å². The molecule has 1 heterocycles. The number of carbonyl (C=O) groups excluding carboxylic acids is 1. The summed E-state index contributed by atoms with van der Waals surface area (Å²) < 4.78 is 76.6. The number of terminal acetylenes is 1. The molecule has 1 aromatic heterocycles. The summed E-state index contributed by atoms with van der Waals surface area (Å²) in [6.07, 6.45) is 3.65. The molecular weight excluding hydrogens is 462 g/mol. The number of benzene rings is 1. The molecule has 0 saturated heterocycles. The first-order valence-corrected chi connectivity index (χ1v) is 10.5. The third kappa shape index (κ3) is 6.97. The molecule has 2 N–H and O–H groups in total. The van der Waals surface area contributed by atoms with E-state index in [0.29, 0.717) is 0 Å². The van der Waals surface area contributed by atoms with Crippen molar-refractivity contribution in [1.29, 1.82) is 0 Å². The molecular formula is C19H14ClF4N3O3S. The average molecular weight is 476 g/mol. The maximum Gasteiger partial charge on any atom is 0.433 e. The van der Waals surface area contributed by atoms with Gasteiger partial charge in [-0.2, -0.15) is 13.2 Å². The highest BCUT2D eigenvalue weighted by molar-refractivity contribution is 7.92. The van der Waals surface area contributed by atoms with Crippen LogP contribution in [-0.4, -0.2) is 25.6 Å². The zero-order chi connectivity index (χ0) is 23.4. The number of sulfonamides is 1. The van der Waals surface area contributed by atoms with Gasteiger partial charge in [0.05, 0.1) is 17.5 Å². The zero-order valence-corrected chi connectivity index (χ0v) is 17.3. The van der Waals surface area contributed by atoms with E-state index in [1.165, 1.54) is 6.07 Å². The smallest absolute Gasteiger partial charge is 0.348 e. The third-order valence-corrected chi connectivity index (χ3v) is 4.52. The van der Waals surface area contributed by atoms with Gasteiger partial charge in [0.1, 0.15) is 16.7 Å². The minimum absolute atomic E-state index is 0.0622. The van der Waals surface area contributed by atoms with Crippen LogP contribution in [0, 0.1) is 18.2 Å². The van der Waals surface area contributed by atoms with Gasteiger partial charge >= 0.3 is 6.18 Å². The molecule has 0 atom stereocenters. The second-order valence-corrected chi connectivity index (χ2v) is 8.25. The summed E-state index contributed by atoms with van der Waals surface area (Å²) in [6.45, 7) is -0.160. The SMILES string of the molecule is C#Cc1cc(CNC(=O)/C=C/c2ccc(C(F)(F)F)nc2Cl)cc(F)c1NS(C)(=O)=O. The molecule has 0 spiro atoms. The molecule has 0 saturated carbocycles. The number of carbonyl (C=O) groups is 1. The predicted octanol–water partition coefficient (Wildman–Crippen LogP) is 3.58. The molecule has 0 aliphatic carbocycles. The lowest BCUT2D eigenvalue weighted by molar-refractivity contribution is -0.141. The Kier molecular flexibility index (Phi) is 7.30. The molecule has 2 rings (SSSR count). The molecule has 6 nitrogen and oxygen atoms in total. The van der Waals surface area contributed by atoms with Gasteiger partial charge in [-0.15, -0.1) is 6.42 Å². The summed E-state index contributed by atoms with van der Waals surface area (Å²) >= 11 is 5.70. The van der Waals surface area contributed by atoms with Gasteiger partial charge in [-0.1, -0.05) is 17.5 Å². The quantitative estimate of drug-likeness (QED) is 0.289. The number of nitrogens with zero attached hydrogens (tertiary/aromatic N) is 1. The molecule has 1 amide bonds. The number of aromatic nitrogens is 1. The molecule has 1 aromatic carbocycles. The first kappa shape index (κ1) is 24.2. The lowest BCUT2D eigenvalue weighted by Gasteiger charge is -2.11. The van der Waals surface area contributed by atoms with Gasteiger partial charge in [0.2, 0.25) is 15.9 Å². The van der Waals surface area contributed by atoms with E-state index in [-0.39, 0.29) is 28.9 Å². The largest absolute Gasteiger partial charge is 0.433 e. The van der Waals surface area contributed by atoms with E-state index >= 15 is 0 Å². The van der Waals surface area contributed by atoms with Crippen molar-refractivity contribution < 1.29 is 30.8 Å². The van der Waals surface area contributed by atoms with E-state index in [0.717, 1.165) is 36.6 Å². The molecule has 0 bridgehead atoms. The first-order valence-electron chi connectivity index (χ1n) is 8.26. The van der Waals surface area contributed by atoms with E-state index < -0.39 is 38.8 Å². The van der Waals surface area contributed by atoms with Crippen LogP contribution < -0.4 is 10.0 Å². The standard InChI is InChI=1S/C19H14ClF4N3O3S/c1-3-12-8-11(9-14(21)17(12)27-31(2,29)30)10-25-16(28)7-5-13-4-6-15(19(22,23)24)26-18(13)20/h1,4-9,27H,10H2,2H3,(H,25,28)/b7-5+. The second kappa shape index (κ2) is 9.36. The van der Waals surface area contributed by atoms with E-state index in [1.54, 1.807) is 0 Å². The zero-order valence-electron chi connectivity index (χ0n) is 15.7. The number of anilines is 1. The van der Waals surface area contributed by atoms with Crippen molar-refractivity contribution in [3.05, 3.63) is 63.7 Å². The van der Waals surface area contributed by atoms with Crippen LogP contribution >= 0.6 is 11.6 Å². The van der Waals surface area contributed by atoms with Gasteiger partial charge in [-0.05, 0) is 35.9 Å². The van der Waals surface area contributed by atoms with Crippen LogP contribution in [0.25, 0.3) is 6.08 Å². The van der Waals surface area contributed by atoms with Crippen molar-refractivity contribution >= 4 is 39.3 Å². The average Bonchev–Trinajstić information content (AvgIpc) is 2.65. The van der Waals surface area contributed by atoms with Crippen LogP contribution in [0.1, 0.15) is 22.4 Å². The fourth-order valence-electron chi connectivity index (χ4n) is 2.31. The summed E-state index contributed by atoms with van der Waals surface area (Å²) in [5.41, 5.74) is -1.28. The number of rotatable bonds is 6. The molecule has 31 heavy (non-hydrogen) atoms. The Morgan fingerprint density at radius 1 is 1.32 bits per heavy atom. The van der Waals surface area contributed by atoms with Crippen LogP contribution in [0.4, 0.5) is 23.2 Å². The summed E-state index contributed by atoms with van der Waals surface area (Å²) in [5.74, 6) is 0.577. The van der Waals surface area contributed by atoms with Crippen molar-refractivity contribution in [1.82, 2.24) is 10.3 Å². The number of pyridine rings is 1. The van der Waals surface area contributed by atoms with Crippen molar-refractivity contribution in [2.24, 2.45) is 0 Å². The van der Waals surface area contributed by atoms with Gasteiger partial charge in [0.15, 0.2) is 0 Å². The monoisotopic (exact) mass is 475 g/mol. The molecule has 164 valence electrons. The van der Waals surface area contributed by atoms with Crippen molar-refractivity contribution in [2.75, 3.05) is 11.0 Å². The summed E-state index contributed by atoms with van der Waals surface area (Å²) in [4.78, 5) is 15.2. The fourth-order valence-corrected chi connectivity index (χ4v) is 3.10. The Bertz CT molecular complexity index is 1190. The molecule has 0 aliphatic rings. The van der Waals surface area contributed by atoms with E-state index in [2.05, 4.69) is 16.2 Å². The Hall–Kier alpha value is -3.10. The van der Waals surface area contributed by atoms with Crippen LogP contribution in [0.15, 0.2) is 30.3 Å². The number of nitrogens with one attached hydrogen (secondary N) is 2. The van der Waals surface area contributed by atoms with Gasteiger partial charge < -0.3 is 5.32 Å². The molecule has 0 fully saturated rings. The van der Waals surface area contributed by atoms with Gasteiger partial charge in [0, 0.05) is 18.2 Å². The number of alkyl halides is 3. The third-order valence-electron chi connectivity index (χ3n) is 3.64. The van der Waals surface area contributed by atoms with E-state index in [4.69, 9.17) is 18.0 Å². The number of hydrogen-bond donors (Lipinski definition) is 2. The highest BCUT2D eigenvalue weighted by atomic mass is 35.5. The first-order chi connectivity index (χ1) is 14.3. The topological polar surface area (TPSA) is 88.2 Å². The molecule has 12 heteroatoms. The van der Waals surface area contributed by atoms with Gasteiger partial charge in [-0.25, -0.2) is 17.8 Å². The van der Waals surface area contributed by atoms with E-state index in [1.807, 2.05) is 4.72 Å². The van der Waals surface area contributed by atoms with Gasteiger partial charge in [0.25, 0.3) is 0 Å². The number of halogens is 5. The highest BCUT2D eigenvalue weighted by Crippen LogP contribution is 2.29. The minimum atomic E-state index is -4.65. The normalized spacial score (nSPS) is 11.9. The van der Waals surface area contributed by atoms with Crippen LogP contribution in [0.2, 0.25) is 5.15 Å². The predicted molar refractivity (Wildman–Crippen MR) is 108 cm³/mol. The molecule has 0 radical (unpaired) electrons. The molecule has 0 unspecified atom stereocenters. The van der Waals surface area contributed by atoms with Crippen molar-refractivity contribution in [2.45, 2.75) is 12.7 Å². The maximum absolute atomic E-state index is 14.2. The molecule has 2 aromatic rings. The lowest BCUT2D eigenvalue weighted by atomic mass is 10.1. The summed E-state index contributed by atoms with van der Waals surface area (Å²) in [6, 6.07) is 4.09. The van der Waals surface area contributed by atoms with Gasteiger partial charge in [-0.3, -0.25) is 9.52 Å². The Labute approximate surface area is 180 Å². The summed E-state index contributed by atoms with van der Waals surface area (Å²) in [7, 11) is -3.76. The number of amides is 1. The number of hydrogen-bond acceptors (Lipinski definition) is 4. The summed E-state index contributed by atoms with van der Waals surface area (Å²) in [5, 5.41) is 1.99. The maximum atomic E-state index is 14.2. The van der Waals surface area contributed by atoms with Crippen molar-refractivity contribution in [3.8, 4) is 12.3 Å². The Morgan fingerprint density at radius 2 is 2.00 bits per heavy atom. The van der Waals surface area contributed by atoms with Crippen molar-refractivity contribution in [3.63, 3.8) is 0 Å². The Balaban J connectivity index is 2.09. The highest BCUT2D eigenvalue weighted by Gasteiger charge is 2.32. The van der Waals surface area contributed by atoms with Crippen LogP contribution in [-0.2, 0) is 27.5 Å². The Morgan fingerprint density at radius 3 is 2.55 bits per heavy atom.